The van der Waals surface area contributed by atoms with Crippen LogP contribution in [-0.2, 0) is 16.6 Å². The molecule has 0 bridgehead atoms. The summed E-state index contributed by atoms with van der Waals surface area (Å²) in [4.78, 5) is 2.48. The molecule has 7 nitrogen and oxygen atoms in total. The van der Waals surface area contributed by atoms with Gasteiger partial charge in [0.05, 0.1) is 12.8 Å². The lowest BCUT2D eigenvalue weighted by atomic mass is 10.1. The fourth-order valence-corrected chi connectivity index (χ4v) is 5.50. The van der Waals surface area contributed by atoms with Crippen LogP contribution in [0.15, 0.2) is 51.9 Å². The molecule has 1 atom stereocenters. The zero-order valence-corrected chi connectivity index (χ0v) is 20.4. The number of likely N-dealkylation sites (tertiary alicyclic amines) is 1. The van der Waals surface area contributed by atoms with E-state index in [2.05, 4.69) is 46.0 Å². The zero-order chi connectivity index (χ0) is 23.6. The van der Waals surface area contributed by atoms with Gasteiger partial charge in [0.2, 0.25) is 10.0 Å². The first-order valence-electron chi connectivity index (χ1n) is 11.2. The Balaban J connectivity index is 1.44. The van der Waals surface area contributed by atoms with E-state index in [1.165, 1.54) is 18.2 Å². The molecule has 0 aliphatic carbocycles. The maximum atomic E-state index is 13.2. The van der Waals surface area contributed by atoms with Gasteiger partial charge in [-0.15, -0.1) is 0 Å². The second-order valence-electron chi connectivity index (χ2n) is 8.82. The van der Waals surface area contributed by atoms with Crippen LogP contribution in [0.5, 0.6) is 5.75 Å². The molecule has 2 heterocycles. The number of aryl methyl sites for hydroxylation is 2. The summed E-state index contributed by atoms with van der Waals surface area (Å²) in [5, 5.41) is 3.98. The molecule has 1 aliphatic heterocycles. The van der Waals surface area contributed by atoms with Crippen molar-refractivity contribution in [1.29, 1.82) is 0 Å². The van der Waals surface area contributed by atoms with Gasteiger partial charge < -0.3 is 9.26 Å². The fourth-order valence-electron chi connectivity index (χ4n) is 4.19. The van der Waals surface area contributed by atoms with Crippen LogP contribution in [0.4, 0.5) is 0 Å². The van der Waals surface area contributed by atoms with E-state index >= 15 is 0 Å². The number of methoxy groups -OCH3 is 1. The predicted molar refractivity (Wildman–Crippen MR) is 128 cm³/mol. The summed E-state index contributed by atoms with van der Waals surface area (Å²) in [7, 11) is -2.29. The molecule has 0 amide bonds. The number of benzene rings is 2. The van der Waals surface area contributed by atoms with Gasteiger partial charge >= 0.3 is 0 Å². The van der Waals surface area contributed by atoms with Gasteiger partial charge in [-0.1, -0.05) is 35.0 Å². The molecule has 176 valence electrons. The highest BCUT2D eigenvalue weighted by Crippen LogP contribution is 2.32. The molecule has 8 heteroatoms. The molecular weight excluding hydrogens is 438 g/mol. The minimum Gasteiger partial charge on any atom is -0.495 e. The number of hydrogen-bond donors (Lipinski definition) is 1. The molecule has 33 heavy (non-hydrogen) atoms. The fraction of sp³-hybridized carbons (Fsp3) is 0.400. The molecule has 1 aromatic heterocycles. The number of nitrogens with zero attached hydrogens (tertiary/aromatic N) is 2. The Morgan fingerprint density at radius 1 is 1.15 bits per heavy atom. The van der Waals surface area contributed by atoms with Gasteiger partial charge in [0, 0.05) is 30.8 Å². The van der Waals surface area contributed by atoms with Gasteiger partial charge in [-0.25, -0.2) is 13.1 Å². The first-order chi connectivity index (χ1) is 15.8. The number of rotatable bonds is 8. The van der Waals surface area contributed by atoms with E-state index in [0.717, 1.165) is 37.3 Å². The van der Waals surface area contributed by atoms with Crippen LogP contribution in [-0.4, -0.2) is 45.2 Å². The summed E-state index contributed by atoms with van der Waals surface area (Å²) in [5.74, 6) is 1.13. The van der Waals surface area contributed by atoms with Crippen LogP contribution in [0.1, 0.15) is 28.8 Å². The molecule has 0 unspecified atom stereocenters. The van der Waals surface area contributed by atoms with Gasteiger partial charge in [0.15, 0.2) is 5.76 Å². The van der Waals surface area contributed by atoms with Gasteiger partial charge in [0.25, 0.3) is 0 Å². The number of nitrogens with one attached hydrogen (secondary N) is 1. The highest BCUT2D eigenvalue weighted by molar-refractivity contribution is 7.89. The third kappa shape index (κ3) is 5.29. The summed E-state index contributed by atoms with van der Waals surface area (Å²) in [6.07, 6.45) is 0.960. The van der Waals surface area contributed by atoms with E-state index in [9.17, 15) is 8.42 Å². The van der Waals surface area contributed by atoms with Gasteiger partial charge in [-0.3, -0.25) is 4.90 Å². The summed E-state index contributed by atoms with van der Waals surface area (Å²) < 4.78 is 40.0. The van der Waals surface area contributed by atoms with E-state index in [1.807, 2.05) is 13.8 Å². The summed E-state index contributed by atoms with van der Waals surface area (Å²) in [5.41, 5.74) is 4.84. The van der Waals surface area contributed by atoms with Crippen molar-refractivity contribution in [3.8, 4) is 17.1 Å². The Kier molecular flexibility index (Phi) is 6.88. The first kappa shape index (κ1) is 23.5. The topological polar surface area (TPSA) is 84.7 Å². The van der Waals surface area contributed by atoms with Crippen molar-refractivity contribution in [2.24, 2.45) is 5.92 Å². The van der Waals surface area contributed by atoms with E-state index in [0.29, 0.717) is 23.6 Å². The molecule has 0 spiro atoms. The maximum absolute atomic E-state index is 13.2. The second kappa shape index (κ2) is 9.67. The van der Waals surface area contributed by atoms with Crippen molar-refractivity contribution in [3.63, 3.8) is 0 Å². The van der Waals surface area contributed by atoms with Crippen molar-refractivity contribution in [1.82, 2.24) is 14.8 Å². The molecule has 1 fully saturated rings. The van der Waals surface area contributed by atoms with Crippen molar-refractivity contribution in [3.05, 3.63) is 64.8 Å². The summed E-state index contributed by atoms with van der Waals surface area (Å²) in [6.45, 7) is 8.94. The molecule has 0 radical (unpaired) electrons. The number of hydrogen-bond acceptors (Lipinski definition) is 6. The summed E-state index contributed by atoms with van der Waals surface area (Å²) in [6, 6.07) is 13.6. The van der Waals surface area contributed by atoms with E-state index in [4.69, 9.17) is 9.26 Å². The van der Waals surface area contributed by atoms with Gasteiger partial charge in [0.1, 0.15) is 10.6 Å². The highest BCUT2D eigenvalue weighted by Gasteiger charge is 2.27. The van der Waals surface area contributed by atoms with Crippen molar-refractivity contribution in [2.45, 2.75) is 38.6 Å². The third-order valence-corrected chi connectivity index (χ3v) is 7.78. The lowest BCUT2D eigenvalue weighted by Gasteiger charge is -2.17. The standard InChI is InChI=1S/C25H31N3O4S/c1-17-5-7-20(8-6-17)15-28-12-11-21(16-28)14-26-33(29,30)24-13-22(9-10-23(24)31-4)25-18(2)19(3)27-32-25/h5-10,13,21,26H,11-12,14-16H2,1-4H3/t21-/m1/s1. The van der Waals surface area contributed by atoms with Crippen molar-refractivity contribution < 1.29 is 17.7 Å². The smallest absolute Gasteiger partial charge is 0.244 e. The average Bonchev–Trinajstić information content (AvgIpc) is 3.39. The molecule has 1 saturated heterocycles. The molecule has 1 aliphatic rings. The number of aromatic nitrogens is 1. The SMILES string of the molecule is COc1ccc(-c2onc(C)c2C)cc1S(=O)(=O)NC[C@H]1CCN(Cc2ccc(C)cc2)C1. The predicted octanol–water partition coefficient (Wildman–Crippen LogP) is 4.08. The number of ether oxygens (including phenoxy) is 1. The average molecular weight is 470 g/mol. The second-order valence-corrected chi connectivity index (χ2v) is 10.6. The van der Waals surface area contributed by atoms with Crippen molar-refractivity contribution >= 4 is 10.0 Å². The molecular formula is C25H31N3O4S. The van der Waals surface area contributed by atoms with Crippen LogP contribution >= 0.6 is 0 Å². The van der Waals surface area contributed by atoms with Gasteiger partial charge in [-0.2, -0.15) is 0 Å². The quantitative estimate of drug-likeness (QED) is 0.535. The molecule has 1 N–H and O–H groups in total. The van der Waals surface area contributed by atoms with Crippen LogP contribution < -0.4 is 9.46 Å². The molecule has 3 aromatic rings. The van der Waals surface area contributed by atoms with E-state index in [1.54, 1.807) is 18.2 Å². The Bertz CT molecular complexity index is 1220. The largest absolute Gasteiger partial charge is 0.495 e. The van der Waals surface area contributed by atoms with E-state index < -0.39 is 10.0 Å². The highest BCUT2D eigenvalue weighted by atomic mass is 32.2. The molecule has 0 saturated carbocycles. The third-order valence-electron chi connectivity index (χ3n) is 6.33. The van der Waals surface area contributed by atoms with Crippen LogP contribution in [0.2, 0.25) is 0 Å². The Hall–Kier alpha value is -2.68. The minimum absolute atomic E-state index is 0.102. The molecule has 2 aromatic carbocycles. The number of sulfonamides is 1. The van der Waals surface area contributed by atoms with E-state index in [-0.39, 0.29) is 10.8 Å². The monoisotopic (exact) mass is 469 g/mol. The van der Waals surface area contributed by atoms with Crippen LogP contribution in [0.3, 0.4) is 0 Å². The Labute approximate surface area is 195 Å². The Morgan fingerprint density at radius 2 is 1.91 bits per heavy atom. The minimum atomic E-state index is -3.76. The lowest BCUT2D eigenvalue weighted by Crippen LogP contribution is -2.31. The van der Waals surface area contributed by atoms with Crippen molar-refractivity contribution in [2.75, 3.05) is 26.7 Å². The zero-order valence-electron chi connectivity index (χ0n) is 19.6. The summed E-state index contributed by atoms with van der Waals surface area (Å²) >= 11 is 0. The van der Waals surface area contributed by atoms with Gasteiger partial charge in [-0.05, 0) is 63.4 Å². The van der Waals surface area contributed by atoms with Crippen LogP contribution in [0, 0.1) is 26.7 Å². The lowest BCUT2D eigenvalue weighted by molar-refractivity contribution is 0.316. The Morgan fingerprint density at radius 3 is 2.58 bits per heavy atom. The normalized spacial score (nSPS) is 16.9. The molecule has 4 rings (SSSR count). The maximum Gasteiger partial charge on any atom is 0.244 e. The van der Waals surface area contributed by atoms with Crippen LogP contribution in [0.25, 0.3) is 11.3 Å². The first-order valence-corrected chi connectivity index (χ1v) is 12.6.